The Balaban J connectivity index is -0.0000000200. The van der Waals surface area contributed by atoms with Crippen molar-refractivity contribution >= 4 is 40.5 Å². The van der Waals surface area contributed by atoms with Gasteiger partial charge in [-0.3, -0.25) is 0 Å². The molecule has 5 heteroatoms. The van der Waals surface area contributed by atoms with E-state index in [1.165, 1.54) is 0 Å². The van der Waals surface area contributed by atoms with Gasteiger partial charge in [0.2, 0.25) is 0 Å². The van der Waals surface area contributed by atoms with Crippen molar-refractivity contribution in [2.45, 2.75) is 0 Å². The molecule has 0 spiro atoms. The van der Waals surface area contributed by atoms with Gasteiger partial charge in [0.1, 0.15) is 0 Å². The fourth-order valence-corrected chi connectivity index (χ4v) is 0. The van der Waals surface area contributed by atoms with Gasteiger partial charge in [0.25, 0.3) is 0 Å². The minimum absolute atomic E-state index is 0. The molecule has 0 aliphatic carbocycles. The zero-order valence-corrected chi connectivity index (χ0v) is 7.75. The summed E-state index contributed by atoms with van der Waals surface area (Å²) in [6, 6.07) is 0. The summed E-state index contributed by atoms with van der Waals surface area (Å²) in [6.07, 6.45) is 0. The predicted molar refractivity (Wildman–Crippen MR) is 35.3 cm³/mol. The molecule has 0 aromatic heterocycles. The number of hydrogen-bond donors (Lipinski definition) is 0. The van der Waals surface area contributed by atoms with E-state index in [-0.39, 0.29) is 11.0 Å². The monoisotopic (exact) mass is 342 g/mol. The molecule has 0 aromatic carbocycles. The van der Waals surface area contributed by atoms with Gasteiger partial charge in [-0.05, 0) is 0 Å². The maximum atomic E-state index is 2.34. The molecule has 0 saturated heterocycles. The van der Waals surface area contributed by atoms with E-state index in [0.717, 1.165) is 8.65 Å². The van der Waals surface area contributed by atoms with Crippen molar-refractivity contribution < 1.29 is 19.6 Å². The molecule has 0 radical (unpaired) electrons. The molecular weight excluding hydrogens is 338 g/mol. The Morgan fingerprint density at radius 1 is 1.00 bits per heavy atom. The Bertz CT molecular complexity index is 7.61. The fraction of sp³-hybridized carbons (Fsp3) is 0. The third kappa shape index (κ3) is 24.7. The zero-order chi connectivity index (χ0) is 2.71. The van der Waals surface area contributed by atoms with E-state index < -0.39 is 0 Å². The van der Waals surface area contributed by atoms with Crippen LogP contribution in [0.2, 0.25) is 0 Å². The predicted octanol–water partition coefficient (Wildman–Crippen LogP) is 0.120. The van der Waals surface area contributed by atoms with Crippen molar-refractivity contribution in [1.82, 2.24) is 0 Å². The van der Waals surface area contributed by atoms with Crippen LogP contribution in [0.15, 0.2) is 0 Å². The molecular formula is H4CrI2O2. The van der Waals surface area contributed by atoms with E-state index in [1.807, 2.05) is 0 Å². The van der Waals surface area contributed by atoms with E-state index in [9.17, 15) is 0 Å². The summed E-state index contributed by atoms with van der Waals surface area (Å²) in [5.74, 6) is 0. The average molecular weight is 342 g/mol. The first-order valence-corrected chi connectivity index (χ1v) is 8.54. The van der Waals surface area contributed by atoms with Gasteiger partial charge in [-0.15, -0.1) is 0 Å². The Morgan fingerprint density at radius 2 is 1.00 bits per heavy atom. The topological polar surface area (TPSA) is 63.0 Å². The van der Waals surface area contributed by atoms with Crippen LogP contribution in [0.3, 0.4) is 0 Å². The quantitative estimate of drug-likeness (QED) is 0.562. The molecule has 0 aliphatic rings. The van der Waals surface area contributed by atoms with Crippen LogP contribution in [0.25, 0.3) is 0 Å². The molecule has 0 fully saturated rings. The summed E-state index contributed by atoms with van der Waals surface area (Å²) in [6.45, 7) is 0. The molecule has 4 N–H and O–H groups in total. The third-order valence-corrected chi connectivity index (χ3v) is 0. The van der Waals surface area contributed by atoms with Gasteiger partial charge in [0.05, 0.1) is 0 Å². The van der Waals surface area contributed by atoms with Crippen molar-refractivity contribution in [1.29, 1.82) is 0 Å². The van der Waals surface area contributed by atoms with E-state index >= 15 is 0 Å². The average Bonchev–Trinajstić information content (AvgIpc) is 0.918. The SMILES string of the molecule is O.O.[I][Cr][I]. The summed E-state index contributed by atoms with van der Waals surface area (Å²) in [4.78, 5) is 0. The first-order chi connectivity index (χ1) is 1.41. The first-order valence-electron chi connectivity index (χ1n) is 0.309. The van der Waals surface area contributed by atoms with Crippen LogP contribution in [0, 0.1) is 0 Å². The van der Waals surface area contributed by atoms with Crippen LogP contribution in [0.4, 0.5) is 0 Å². The van der Waals surface area contributed by atoms with Crippen molar-refractivity contribution in [3.8, 4) is 0 Å². The summed E-state index contributed by atoms with van der Waals surface area (Å²) in [7, 11) is 0.815. The molecule has 0 aliphatic heterocycles. The van der Waals surface area contributed by atoms with E-state index in [1.54, 1.807) is 0 Å². The Labute approximate surface area is 59.4 Å². The second-order valence-electron chi connectivity index (χ2n) is 0.0583. The van der Waals surface area contributed by atoms with Crippen LogP contribution >= 0.6 is 40.5 Å². The summed E-state index contributed by atoms with van der Waals surface area (Å²) in [5.41, 5.74) is 0. The molecule has 0 rings (SSSR count). The molecule has 0 aromatic rings. The zero-order valence-electron chi connectivity index (χ0n) is 2.16. The van der Waals surface area contributed by atoms with E-state index in [0.29, 0.717) is 0 Å². The molecule has 36 valence electrons. The number of hydrogen-bond acceptors (Lipinski definition) is 0. The van der Waals surface area contributed by atoms with Gasteiger partial charge >= 0.3 is 49.2 Å². The van der Waals surface area contributed by atoms with Crippen molar-refractivity contribution in [2.24, 2.45) is 0 Å². The van der Waals surface area contributed by atoms with Gasteiger partial charge in [0.15, 0.2) is 0 Å². The molecule has 0 bridgehead atoms. The van der Waals surface area contributed by atoms with Gasteiger partial charge in [0, 0.05) is 0 Å². The van der Waals surface area contributed by atoms with Crippen LogP contribution < -0.4 is 0 Å². The van der Waals surface area contributed by atoms with Crippen LogP contribution in [0.1, 0.15) is 0 Å². The van der Waals surface area contributed by atoms with E-state index in [2.05, 4.69) is 40.5 Å². The second-order valence-corrected chi connectivity index (χ2v) is 10.8. The van der Waals surface area contributed by atoms with Gasteiger partial charge in [-0.25, -0.2) is 0 Å². The Hall–Kier alpha value is 1.91. The Kier molecular flexibility index (Phi) is 53.1. The third-order valence-electron chi connectivity index (χ3n) is 0. The van der Waals surface area contributed by atoms with Crippen LogP contribution in [-0.4, -0.2) is 11.0 Å². The van der Waals surface area contributed by atoms with Gasteiger partial charge in [-0.2, -0.15) is 0 Å². The van der Waals surface area contributed by atoms with Crippen LogP contribution in [-0.2, 0) is 8.65 Å². The van der Waals surface area contributed by atoms with E-state index in [4.69, 9.17) is 0 Å². The second kappa shape index (κ2) is 16.8. The fourth-order valence-electron chi connectivity index (χ4n) is 0. The normalized spacial score (nSPS) is 3.60. The molecule has 0 atom stereocenters. The molecule has 0 saturated carbocycles. The Morgan fingerprint density at radius 3 is 1.00 bits per heavy atom. The molecule has 0 amide bonds. The summed E-state index contributed by atoms with van der Waals surface area (Å²) < 4.78 is 0. The summed E-state index contributed by atoms with van der Waals surface area (Å²) >= 11 is 4.68. The molecule has 2 nitrogen and oxygen atoms in total. The first kappa shape index (κ1) is 15.8. The molecule has 5 heavy (non-hydrogen) atoms. The summed E-state index contributed by atoms with van der Waals surface area (Å²) in [5, 5.41) is 0. The van der Waals surface area contributed by atoms with Gasteiger partial charge < -0.3 is 11.0 Å². The van der Waals surface area contributed by atoms with Gasteiger partial charge in [-0.1, -0.05) is 0 Å². The number of halogens is 2. The maximum absolute atomic E-state index is 2.34. The standard InChI is InChI=1S/Cr.2HI.2H2O/h;2*1H;2*1H2/q+2;;;;/p-2. The molecule has 0 unspecified atom stereocenters. The van der Waals surface area contributed by atoms with Crippen molar-refractivity contribution in [3.05, 3.63) is 0 Å². The molecule has 0 heterocycles. The minimum atomic E-state index is 0. The van der Waals surface area contributed by atoms with Crippen molar-refractivity contribution in [2.75, 3.05) is 0 Å². The van der Waals surface area contributed by atoms with Crippen LogP contribution in [0.5, 0.6) is 0 Å². The number of rotatable bonds is 0. The van der Waals surface area contributed by atoms with Crippen molar-refractivity contribution in [3.63, 3.8) is 0 Å².